The van der Waals surface area contributed by atoms with Crippen molar-refractivity contribution in [3.05, 3.63) is 29.6 Å². The summed E-state index contributed by atoms with van der Waals surface area (Å²) in [5, 5.41) is 0. The summed E-state index contributed by atoms with van der Waals surface area (Å²) in [4.78, 5) is 0. The second-order valence-electron chi connectivity index (χ2n) is 4.73. The van der Waals surface area contributed by atoms with Crippen LogP contribution in [0.4, 0.5) is 4.39 Å². The van der Waals surface area contributed by atoms with Crippen LogP contribution in [-0.2, 0) is 11.3 Å². The van der Waals surface area contributed by atoms with E-state index in [0.29, 0.717) is 12.3 Å². The van der Waals surface area contributed by atoms with Crippen LogP contribution in [0.2, 0.25) is 0 Å². The Hall–Kier alpha value is -1.13. The summed E-state index contributed by atoms with van der Waals surface area (Å²) in [5.41, 5.74) is 6.24. The van der Waals surface area contributed by atoms with Gasteiger partial charge in [-0.3, -0.25) is 0 Å². The van der Waals surface area contributed by atoms with Gasteiger partial charge < -0.3 is 15.2 Å². The van der Waals surface area contributed by atoms with E-state index in [-0.39, 0.29) is 18.0 Å². The third-order valence-electron chi connectivity index (χ3n) is 3.44. The molecular weight excluding hydrogens is 233 g/mol. The van der Waals surface area contributed by atoms with Crippen molar-refractivity contribution >= 4 is 0 Å². The molecule has 0 aromatic heterocycles. The van der Waals surface area contributed by atoms with Gasteiger partial charge in [0.15, 0.2) is 11.6 Å². The van der Waals surface area contributed by atoms with E-state index in [9.17, 15) is 4.39 Å². The fraction of sp³-hybridized carbons (Fsp3) is 0.571. The van der Waals surface area contributed by atoms with Gasteiger partial charge in [-0.25, -0.2) is 4.39 Å². The Balaban J connectivity index is 2.00. The Labute approximate surface area is 107 Å². The van der Waals surface area contributed by atoms with Crippen LogP contribution in [0.5, 0.6) is 5.75 Å². The fourth-order valence-electron chi connectivity index (χ4n) is 2.37. The summed E-state index contributed by atoms with van der Waals surface area (Å²) in [5.74, 6) is -0.0218. The predicted octanol–water partition coefficient (Wildman–Crippen LogP) is 2.62. The molecule has 1 aromatic carbocycles. The van der Waals surface area contributed by atoms with Gasteiger partial charge in [-0.1, -0.05) is 6.07 Å². The molecule has 0 bridgehead atoms. The second kappa shape index (κ2) is 6.16. The number of benzene rings is 1. The molecule has 1 saturated carbocycles. The first-order chi connectivity index (χ1) is 8.72. The van der Waals surface area contributed by atoms with Gasteiger partial charge >= 0.3 is 0 Å². The first-order valence-electron chi connectivity index (χ1n) is 6.41. The fourth-order valence-corrected chi connectivity index (χ4v) is 2.37. The van der Waals surface area contributed by atoms with Gasteiger partial charge in [0, 0.05) is 20.1 Å². The van der Waals surface area contributed by atoms with Gasteiger partial charge in [0.25, 0.3) is 0 Å². The molecular formula is C14H20FNO2. The molecule has 3 nitrogen and oxygen atoms in total. The van der Waals surface area contributed by atoms with E-state index >= 15 is 0 Å². The van der Waals surface area contributed by atoms with E-state index in [1.807, 2.05) is 0 Å². The summed E-state index contributed by atoms with van der Waals surface area (Å²) in [6, 6.07) is 4.90. The Kier molecular flexibility index (Phi) is 4.55. The van der Waals surface area contributed by atoms with Gasteiger partial charge in [-0.05, 0) is 37.0 Å². The molecule has 0 aliphatic heterocycles. The Morgan fingerprint density at radius 1 is 1.33 bits per heavy atom. The molecule has 0 saturated heterocycles. The van der Waals surface area contributed by atoms with Crippen molar-refractivity contribution in [1.29, 1.82) is 0 Å². The molecule has 18 heavy (non-hydrogen) atoms. The van der Waals surface area contributed by atoms with Gasteiger partial charge in [0.2, 0.25) is 0 Å². The van der Waals surface area contributed by atoms with Crippen molar-refractivity contribution in [2.24, 2.45) is 5.73 Å². The van der Waals surface area contributed by atoms with Gasteiger partial charge in [0.1, 0.15) is 6.10 Å². The standard InChI is InChI=1S/C14H20FNO2/c1-17-11-3-2-4-12(8-11)18-14-6-5-10(9-16)7-13(14)15/h5-7,11-12H,2-4,8-9,16H2,1H3. The largest absolute Gasteiger partial charge is 0.487 e. The molecule has 0 amide bonds. The number of ether oxygens (including phenoxy) is 2. The number of halogens is 1. The number of hydrogen-bond donors (Lipinski definition) is 1. The quantitative estimate of drug-likeness (QED) is 0.897. The first kappa shape index (κ1) is 13.3. The molecule has 1 aromatic rings. The maximum atomic E-state index is 13.8. The summed E-state index contributed by atoms with van der Waals surface area (Å²) in [7, 11) is 1.71. The lowest BCUT2D eigenvalue weighted by atomic mass is 9.95. The van der Waals surface area contributed by atoms with Crippen molar-refractivity contribution < 1.29 is 13.9 Å². The number of hydrogen-bond acceptors (Lipinski definition) is 3. The minimum absolute atomic E-state index is 0.0435. The SMILES string of the molecule is COC1CCCC(Oc2ccc(CN)cc2F)C1. The number of methoxy groups -OCH3 is 1. The zero-order chi connectivity index (χ0) is 13.0. The summed E-state index contributed by atoms with van der Waals surface area (Å²) >= 11 is 0. The lowest BCUT2D eigenvalue weighted by Crippen LogP contribution is -2.29. The smallest absolute Gasteiger partial charge is 0.165 e. The molecule has 1 aliphatic rings. The monoisotopic (exact) mass is 253 g/mol. The summed E-state index contributed by atoms with van der Waals surface area (Å²) in [6.45, 7) is 0.340. The maximum absolute atomic E-state index is 13.8. The van der Waals surface area contributed by atoms with Crippen molar-refractivity contribution in [2.75, 3.05) is 7.11 Å². The molecule has 1 fully saturated rings. The van der Waals surface area contributed by atoms with Crippen LogP contribution in [0, 0.1) is 5.82 Å². The van der Waals surface area contributed by atoms with Crippen LogP contribution in [0.3, 0.4) is 0 Å². The highest BCUT2D eigenvalue weighted by molar-refractivity contribution is 5.29. The molecule has 2 unspecified atom stereocenters. The topological polar surface area (TPSA) is 44.5 Å². The van der Waals surface area contributed by atoms with Crippen molar-refractivity contribution in [3.8, 4) is 5.75 Å². The summed E-state index contributed by atoms with van der Waals surface area (Å²) in [6.07, 6.45) is 4.18. The maximum Gasteiger partial charge on any atom is 0.165 e. The third kappa shape index (κ3) is 3.21. The Morgan fingerprint density at radius 2 is 2.11 bits per heavy atom. The van der Waals surface area contributed by atoms with Crippen LogP contribution < -0.4 is 10.5 Å². The number of rotatable bonds is 4. The molecule has 0 spiro atoms. The second-order valence-corrected chi connectivity index (χ2v) is 4.73. The van der Waals surface area contributed by atoms with Crippen LogP contribution in [0.15, 0.2) is 18.2 Å². The van der Waals surface area contributed by atoms with Crippen molar-refractivity contribution in [2.45, 2.75) is 44.4 Å². The van der Waals surface area contributed by atoms with Crippen LogP contribution in [0.1, 0.15) is 31.2 Å². The van der Waals surface area contributed by atoms with E-state index in [1.54, 1.807) is 19.2 Å². The summed E-state index contributed by atoms with van der Waals surface area (Å²) < 4.78 is 24.8. The average molecular weight is 253 g/mol. The highest BCUT2D eigenvalue weighted by Gasteiger charge is 2.23. The highest BCUT2D eigenvalue weighted by Crippen LogP contribution is 2.27. The highest BCUT2D eigenvalue weighted by atomic mass is 19.1. The van der Waals surface area contributed by atoms with E-state index in [0.717, 1.165) is 31.2 Å². The normalized spacial score (nSPS) is 23.9. The van der Waals surface area contributed by atoms with Gasteiger partial charge in [-0.2, -0.15) is 0 Å². The van der Waals surface area contributed by atoms with E-state index in [1.165, 1.54) is 6.07 Å². The van der Waals surface area contributed by atoms with Crippen molar-refractivity contribution in [1.82, 2.24) is 0 Å². The molecule has 100 valence electrons. The minimum atomic E-state index is -0.336. The van der Waals surface area contributed by atoms with E-state index < -0.39 is 0 Å². The molecule has 1 aliphatic carbocycles. The van der Waals surface area contributed by atoms with Crippen LogP contribution in [0.25, 0.3) is 0 Å². The zero-order valence-corrected chi connectivity index (χ0v) is 10.7. The van der Waals surface area contributed by atoms with Crippen molar-refractivity contribution in [3.63, 3.8) is 0 Å². The molecule has 4 heteroatoms. The van der Waals surface area contributed by atoms with Crippen LogP contribution in [-0.4, -0.2) is 19.3 Å². The first-order valence-corrected chi connectivity index (χ1v) is 6.41. The predicted molar refractivity (Wildman–Crippen MR) is 68.0 cm³/mol. The minimum Gasteiger partial charge on any atom is -0.487 e. The molecule has 0 radical (unpaired) electrons. The molecule has 2 atom stereocenters. The molecule has 2 rings (SSSR count). The lowest BCUT2D eigenvalue weighted by Gasteiger charge is -2.28. The molecule has 0 heterocycles. The average Bonchev–Trinajstić information content (AvgIpc) is 2.41. The van der Waals surface area contributed by atoms with Gasteiger partial charge in [0.05, 0.1) is 6.10 Å². The van der Waals surface area contributed by atoms with E-state index in [2.05, 4.69) is 0 Å². The lowest BCUT2D eigenvalue weighted by molar-refractivity contribution is 0.0197. The zero-order valence-electron chi connectivity index (χ0n) is 10.7. The Bertz CT molecular complexity index is 397. The number of nitrogens with two attached hydrogens (primary N) is 1. The van der Waals surface area contributed by atoms with Gasteiger partial charge in [-0.15, -0.1) is 0 Å². The molecule has 2 N–H and O–H groups in total. The Morgan fingerprint density at radius 3 is 2.78 bits per heavy atom. The van der Waals surface area contributed by atoms with E-state index in [4.69, 9.17) is 15.2 Å². The third-order valence-corrected chi connectivity index (χ3v) is 3.44. The van der Waals surface area contributed by atoms with Crippen LogP contribution >= 0.6 is 0 Å².